The molecule has 0 aliphatic heterocycles. The van der Waals surface area contributed by atoms with E-state index < -0.39 is 6.10 Å². The van der Waals surface area contributed by atoms with Gasteiger partial charge in [-0.1, -0.05) is 30.3 Å². The lowest BCUT2D eigenvalue weighted by Crippen LogP contribution is -2.19. The van der Waals surface area contributed by atoms with Crippen LogP contribution in [0.2, 0.25) is 0 Å². The van der Waals surface area contributed by atoms with Gasteiger partial charge in [-0.3, -0.25) is 0 Å². The van der Waals surface area contributed by atoms with Crippen molar-refractivity contribution < 1.29 is 9.84 Å². The molecule has 1 rings (SSSR count). The molecule has 0 bridgehead atoms. The van der Waals surface area contributed by atoms with E-state index in [1.807, 2.05) is 30.3 Å². The predicted octanol–water partition coefficient (Wildman–Crippen LogP) is 1.33. The maximum Gasteiger partial charge on any atom is 0.0785 e. The Morgan fingerprint density at radius 3 is 2.53 bits per heavy atom. The van der Waals surface area contributed by atoms with Gasteiger partial charge >= 0.3 is 0 Å². The van der Waals surface area contributed by atoms with Gasteiger partial charge in [0.2, 0.25) is 0 Å². The van der Waals surface area contributed by atoms with Crippen molar-refractivity contribution in [3.63, 3.8) is 0 Å². The normalized spacial score (nSPS) is 11.9. The van der Waals surface area contributed by atoms with Gasteiger partial charge in [-0.25, -0.2) is 0 Å². The number of hydrogen-bond acceptors (Lipinski definition) is 3. The first-order valence-electron chi connectivity index (χ1n) is 4.82. The molecular weight excluding hydrogens is 214 g/mol. The second-order valence-electron chi connectivity index (χ2n) is 3.23. The molecule has 4 heteroatoms. The smallest absolute Gasteiger partial charge is 0.0785 e. The largest absolute Gasteiger partial charge is 0.391 e. The number of aliphatic hydroxyl groups is 1. The van der Waals surface area contributed by atoms with Crippen LogP contribution in [0.4, 0.5) is 0 Å². The molecule has 0 aliphatic carbocycles. The molecule has 3 N–H and O–H groups in total. The Bertz CT molecular complexity index is 244. The van der Waals surface area contributed by atoms with Crippen molar-refractivity contribution in [3.8, 4) is 0 Å². The van der Waals surface area contributed by atoms with E-state index in [1.165, 1.54) is 0 Å². The number of hydrogen-bond donors (Lipinski definition) is 2. The second-order valence-corrected chi connectivity index (χ2v) is 3.23. The minimum Gasteiger partial charge on any atom is -0.391 e. The Labute approximate surface area is 96.7 Å². The van der Waals surface area contributed by atoms with Gasteiger partial charge < -0.3 is 15.6 Å². The monoisotopic (exact) mass is 231 g/mol. The zero-order valence-corrected chi connectivity index (χ0v) is 9.45. The fourth-order valence-electron chi connectivity index (χ4n) is 1.16. The van der Waals surface area contributed by atoms with E-state index in [2.05, 4.69) is 0 Å². The van der Waals surface area contributed by atoms with Gasteiger partial charge in [0.1, 0.15) is 0 Å². The Morgan fingerprint density at radius 1 is 1.27 bits per heavy atom. The summed E-state index contributed by atoms with van der Waals surface area (Å²) in [6, 6.07) is 9.89. The number of rotatable bonds is 6. The standard InChI is InChI=1S/C11H17NO2.ClH/c12-7-6-11(13)9-14-8-10-4-2-1-3-5-10;/h1-5,11,13H,6-9,12H2;1H/t11-;/m1./s1. The summed E-state index contributed by atoms with van der Waals surface area (Å²) in [5.74, 6) is 0. The highest BCUT2D eigenvalue weighted by Gasteiger charge is 2.02. The molecule has 3 nitrogen and oxygen atoms in total. The summed E-state index contributed by atoms with van der Waals surface area (Å²) in [6.45, 7) is 1.39. The van der Waals surface area contributed by atoms with Gasteiger partial charge in [0.25, 0.3) is 0 Å². The zero-order chi connectivity index (χ0) is 10.2. The predicted molar refractivity (Wildman–Crippen MR) is 63.0 cm³/mol. The number of ether oxygens (including phenoxy) is 1. The molecule has 1 atom stereocenters. The molecule has 0 heterocycles. The second kappa shape index (κ2) is 8.68. The van der Waals surface area contributed by atoms with E-state index >= 15 is 0 Å². The van der Waals surface area contributed by atoms with Crippen molar-refractivity contribution in [2.24, 2.45) is 5.73 Å². The fourth-order valence-corrected chi connectivity index (χ4v) is 1.16. The van der Waals surface area contributed by atoms with E-state index in [0.717, 1.165) is 5.56 Å². The first kappa shape index (κ1) is 14.4. The molecule has 0 saturated heterocycles. The Hall–Kier alpha value is -0.610. The van der Waals surface area contributed by atoms with Crippen LogP contribution in [0.5, 0.6) is 0 Å². The highest BCUT2D eigenvalue weighted by molar-refractivity contribution is 5.85. The Balaban J connectivity index is 0.00000196. The molecule has 0 amide bonds. The molecule has 0 radical (unpaired) electrons. The van der Waals surface area contributed by atoms with Crippen molar-refractivity contribution in [2.75, 3.05) is 13.2 Å². The van der Waals surface area contributed by atoms with E-state index in [1.54, 1.807) is 0 Å². The lowest BCUT2D eigenvalue weighted by atomic mass is 10.2. The molecule has 1 aromatic carbocycles. The van der Waals surface area contributed by atoms with E-state index in [-0.39, 0.29) is 12.4 Å². The van der Waals surface area contributed by atoms with Crippen LogP contribution in [-0.4, -0.2) is 24.4 Å². The molecule has 15 heavy (non-hydrogen) atoms. The van der Waals surface area contributed by atoms with E-state index in [0.29, 0.717) is 26.2 Å². The van der Waals surface area contributed by atoms with Crippen LogP contribution in [0, 0.1) is 0 Å². The van der Waals surface area contributed by atoms with Crippen molar-refractivity contribution in [3.05, 3.63) is 35.9 Å². The van der Waals surface area contributed by atoms with E-state index in [9.17, 15) is 5.11 Å². The third kappa shape index (κ3) is 6.47. The Morgan fingerprint density at radius 2 is 1.93 bits per heavy atom. The number of nitrogens with two attached hydrogens (primary N) is 1. The quantitative estimate of drug-likeness (QED) is 0.777. The van der Waals surface area contributed by atoms with Crippen LogP contribution in [0.1, 0.15) is 12.0 Å². The lowest BCUT2D eigenvalue weighted by molar-refractivity contribution is 0.0258. The third-order valence-electron chi connectivity index (χ3n) is 1.92. The highest BCUT2D eigenvalue weighted by Crippen LogP contribution is 2.01. The number of benzene rings is 1. The molecule has 86 valence electrons. The topological polar surface area (TPSA) is 55.5 Å². The average molecular weight is 232 g/mol. The van der Waals surface area contributed by atoms with Crippen LogP contribution >= 0.6 is 12.4 Å². The summed E-state index contributed by atoms with van der Waals surface area (Å²) < 4.78 is 5.33. The molecule has 0 unspecified atom stereocenters. The third-order valence-corrected chi connectivity index (χ3v) is 1.92. The summed E-state index contributed by atoms with van der Waals surface area (Å²) in [5.41, 5.74) is 6.41. The van der Waals surface area contributed by atoms with Crippen LogP contribution in [0.15, 0.2) is 30.3 Å². The van der Waals surface area contributed by atoms with Gasteiger partial charge in [0.05, 0.1) is 19.3 Å². The summed E-state index contributed by atoms with van der Waals surface area (Å²) in [6.07, 6.45) is 0.151. The van der Waals surface area contributed by atoms with E-state index in [4.69, 9.17) is 10.5 Å². The summed E-state index contributed by atoms with van der Waals surface area (Å²) >= 11 is 0. The number of halogens is 1. The first-order chi connectivity index (χ1) is 6.83. The van der Waals surface area contributed by atoms with Crippen molar-refractivity contribution in [1.29, 1.82) is 0 Å². The number of aliphatic hydroxyl groups excluding tert-OH is 1. The molecule has 1 aromatic rings. The molecule has 0 fully saturated rings. The summed E-state index contributed by atoms with van der Waals surface area (Å²) in [4.78, 5) is 0. The minimum absolute atomic E-state index is 0. The van der Waals surface area contributed by atoms with Crippen molar-refractivity contribution in [2.45, 2.75) is 19.1 Å². The molecule has 0 saturated carbocycles. The van der Waals surface area contributed by atoms with Crippen LogP contribution in [0.25, 0.3) is 0 Å². The molecule has 0 spiro atoms. The van der Waals surface area contributed by atoms with Gasteiger partial charge in [0, 0.05) is 0 Å². The lowest BCUT2D eigenvalue weighted by Gasteiger charge is -2.09. The fraction of sp³-hybridized carbons (Fsp3) is 0.455. The van der Waals surface area contributed by atoms with Crippen LogP contribution < -0.4 is 5.73 Å². The van der Waals surface area contributed by atoms with Crippen LogP contribution in [-0.2, 0) is 11.3 Å². The van der Waals surface area contributed by atoms with Gasteiger partial charge in [-0.05, 0) is 18.5 Å². The SMILES string of the molecule is Cl.NCC[C@@H](O)COCc1ccccc1. The summed E-state index contributed by atoms with van der Waals surface area (Å²) in [7, 11) is 0. The van der Waals surface area contributed by atoms with Gasteiger partial charge in [-0.15, -0.1) is 12.4 Å². The maximum absolute atomic E-state index is 9.32. The van der Waals surface area contributed by atoms with Crippen molar-refractivity contribution >= 4 is 12.4 Å². The molecule has 0 aromatic heterocycles. The zero-order valence-electron chi connectivity index (χ0n) is 8.63. The minimum atomic E-state index is -0.441. The first-order valence-corrected chi connectivity index (χ1v) is 4.82. The Kier molecular flexibility index (Phi) is 8.33. The van der Waals surface area contributed by atoms with Gasteiger partial charge in [0.15, 0.2) is 0 Å². The molecule has 0 aliphatic rings. The molecular formula is C11H18ClNO2. The highest BCUT2D eigenvalue weighted by atomic mass is 35.5. The van der Waals surface area contributed by atoms with Crippen molar-refractivity contribution in [1.82, 2.24) is 0 Å². The van der Waals surface area contributed by atoms with Crippen LogP contribution in [0.3, 0.4) is 0 Å². The maximum atomic E-state index is 9.32. The average Bonchev–Trinajstić information content (AvgIpc) is 2.20. The van der Waals surface area contributed by atoms with Gasteiger partial charge in [-0.2, -0.15) is 0 Å². The summed E-state index contributed by atoms with van der Waals surface area (Å²) in [5, 5.41) is 9.32.